The summed E-state index contributed by atoms with van der Waals surface area (Å²) in [4.78, 5) is 9.22. The van der Waals surface area contributed by atoms with Crippen molar-refractivity contribution >= 4 is 45.3 Å². The first-order valence-electron chi connectivity index (χ1n) is 9.28. The van der Waals surface area contributed by atoms with Gasteiger partial charge in [-0.3, -0.25) is 0 Å². The van der Waals surface area contributed by atoms with E-state index < -0.39 is 0 Å². The summed E-state index contributed by atoms with van der Waals surface area (Å²) in [6, 6.07) is 13.3. The van der Waals surface area contributed by atoms with Crippen LogP contribution in [0.4, 0.5) is 0 Å². The number of nitrogens with zero attached hydrogens (tertiary/aromatic N) is 1. The predicted molar refractivity (Wildman–Crippen MR) is 122 cm³/mol. The Balaban J connectivity index is 0.00000180. The highest BCUT2D eigenvalue weighted by Gasteiger charge is 2.23. The summed E-state index contributed by atoms with van der Waals surface area (Å²) < 4.78 is 0. The molecule has 0 fully saturated rings. The summed E-state index contributed by atoms with van der Waals surface area (Å²) in [6.07, 6.45) is 5.04. The summed E-state index contributed by atoms with van der Waals surface area (Å²) in [5.41, 5.74) is 8.09. The largest absolute Gasteiger partial charge is 0.236 e. The molecule has 27 heavy (non-hydrogen) atoms. The number of hydrogen-bond acceptors (Lipinski definition) is 3. The minimum atomic E-state index is 0. The Labute approximate surface area is 174 Å². The number of aromatic nitrogens is 1. The molecule has 0 N–H and O–H groups in total. The molecule has 0 radical (unpaired) electrons. The van der Waals surface area contributed by atoms with Crippen molar-refractivity contribution in [2.45, 2.75) is 39.5 Å². The molecule has 3 heterocycles. The highest BCUT2D eigenvalue weighted by atomic mass is 35.5. The van der Waals surface area contributed by atoms with Gasteiger partial charge in [-0.1, -0.05) is 35.9 Å². The predicted octanol–water partition coefficient (Wildman–Crippen LogP) is 7.61. The number of fused-ring (bicyclic) bond motifs is 3. The van der Waals surface area contributed by atoms with E-state index in [1.807, 2.05) is 11.3 Å². The van der Waals surface area contributed by atoms with E-state index >= 15 is 0 Å². The number of aryl methyl sites for hydroxylation is 3. The van der Waals surface area contributed by atoms with Crippen molar-refractivity contribution < 1.29 is 0 Å². The van der Waals surface area contributed by atoms with Crippen LogP contribution in [0.3, 0.4) is 0 Å². The molecule has 0 spiro atoms. The van der Waals surface area contributed by atoms with Crippen LogP contribution in [-0.4, -0.2) is 4.98 Å². The van der Waals surface area contributed by atoms with Crippen LogP contribution in [0.1, 0.15) is 34.4 Å². The molecule has 1 aromatic carbocycles. The lowest BCUT2D eigenvalue weighted by Gasteiger charge is -2.16. The van der Waals surface area contributed by atoms with Gasteiger partial charge in [0.25, 0.3) is 0 Å². The number of benzene rings is 1. The maximum Gasteiger partial charge on any atom is 0.125 e. The zero-order valence-corrected chi connectivity index (χ0v) is 18.0. The molecular weight excluding hydrogens is 390 g/mol. The first kappa shape index (κ1) is 18.7. The lowest BCUT2D eigenvalue weighted by molar-refractivity contribution is 0.700. The van der Waals surface area contributed by atoms with E-state index in [4.69, 9.17) is 4.98 Å². The number of hydrogen-bond donors (Lipinski definition) is 0. The van der Waals surface area contributed by atoms with Crippen LogP contribution >= 0.6 is 35.1 Å². The molecule has 1 aliphatic rings. The van der Waals surface area contributed by atoms with Gasteiger partial charge in [0.1, 0.15) is 4.83 Å². The van der Waals surface area contributed by atoms with Crippen LogP contribution < -0.4 is 0 Å². The Bertz CT molecular complexity index is 1110. The SMILES string of the molecule is Cc1cccc(-c2c(C)c(-c3cccs3)nc3sc4c(c23)CCCC4)c1.Cl. The standard InChI is InChI=1S/C23H21NS2.ClH/c1-14-7-5-8-16(13-14)20-15(2)22(19-11-6-12-25-19)24-23-21(20)17-9-3-4-10-18(17)26-23;/h5-8,11-13H,3-4,9-10H2,1-2H3;1H. The minimum Gasteiger partial charge on any atom is -0.236 e. The molecule has 0 saturated carbocycles. The van der Waals surface area contributed by atoms with Gasteiger partial charge in [-0.05, 0) is 73.2 Å². The first-order valence-corrected chi connectivity index (χ1v) is 11.0. The van der Waals surface area contributed by atoms with Crippen LogP contribution in [0.2, 0.25) is 0 Å². The molecule has 1 aliphatic carbocycles. The fourth-order valence-corrected chi connectivity index (χ4v) is 6.24. The van der Waals surface area contributed by atoms with Gasteiger partial charge in [0.2, 0.25) is 0 Å². The third-order valence-corrected chi connectivity index (χ3v) is 7.47. The van der Waals surface area contributed by atoms with Crippen LogP contribution in [0, 0.1) is 13.8 Å². The van der Waals surface area contributed by atoms with Gasteiger partial charge < -0.3 is 0 Å². The highest BCUT2D eigenvalue weighted by molar-refractivity contribution is 7.19. The van der Waals surface area contributed by atoms with E-state index in [0.29, 0.717) is 0 Å². The number of pyridine rings is 1. The van der Waals surface area contributed by atoms with Crippen molar-refractivity contribution in [2.75, 3.05) is 0 Å². The molecule has 4 aromatic rings. The van der Waals surface area contributed by atoms with Crippen LogP contribution in [-0.2, 0) is 12.8 Å². The van der Waals surface area contributed by atoms with Gasteiger partial charge in [0, 0.05) is 10.3 Å². The number of halogens is 1. The molecule has 0 amide bonds. The Morgan fingerprint density at radius 1 is 1.00 bits per heavy atom. The van der Waals surface area contributed by atoms with E-state index in [-0.39, 0.29) is 12.4 Å². The summed E-state index contributed by atoms with van der Waals surface area (Å²) in [5, 5.41) is 3.57. The topological polar surface area (TPSA) is 12.9 Å². The lowest BCUT2D eigenvalue weighted by atomic mass is 9.89. The maximum absolute atomic E-state index is 5.16. The van der Waals surface area contributed by atoms with Gasteiger partial charge in [-0.15, -0.1) is 35.1 Å². The van der Waals surface area contributed by atoms with Gasteiger partial charge in [-0.2, -0.15) is 0 Å². The molecule has 0 bridgehead atoms. The molecule has 5 rings (SSSR count). The first-order chi connectivity index (χ1) is 12.7. The molecule has 0 aliphatic heterocycles. The lowest BCUT2D eigenvalue weighted by Crippen LogP contribution is -2.00. The second-order valence-electron chi connectivity index (χ2n) is 7.20. The third kappa shape index (κ3) is 3.12. The summed E-state index contributed by atoms with van der Waals surface area (Å²) >= 11 is 3.71. The second-order valence-corrected chi connectivity index (χ2v) is 9.23. The molecule has 0 saturated heterocycles. The van der Waals surface area contributed by atoms with E-state index in [0.717, 1.165) is 5.69 Å². The van der Waals surface area contributed by atoms with Gasteiger partial charge in [0.05, 0.1) is 10.6 Å². The van der Waals surface area contributed by atoms with Crippen LogP contribution in [0.25, 0.3) is 31.9 Å². The Morgan fingerprint density at radius 2 is 1.85 bits per heavy atom. The molecule has 0 unspecified atom stereocenters. The third-order valence-electron chi connectivity index (χ3n) is 5.41. The minimum absolute atomic E-state index is 0. The fraction of sp³-hybridized carbons (Fsp3) is 0.261. The Morgan fingerprint density at radius 3 is 2.63 bits per heavy atom. The van der Waals surface area contributed by atoms with E-state index in [9.17, 15) is 0 Å². The van der Waals surface area contributed by atoms with E-state index in [1.54, 1.807) is 21.8 Å². The molecule has 138 valence electrons. The summed E-state index contributed by atoms with van der Waals surface area (Å²) in [5.74, 6) is 0. The number of rotatable bonds is 2. The maximum atomic E-state index is 5.16. The molecule has 4 heteroatoms. The highest BCUT2D eigenvalue weighted by Crippen LogP contribution is 2.45. The van der Waals surface area contributed by atoms with Crippen LogP contribution in [0.5, 0.6) is 0 Å². The second kappa shape index (κ2) is 7.38. The molecule has 0 atom stereocenters. The molecule has 1 nitrogen and oxygen atoms in total. The van der Waals surface area contributed by atoms with Gasteiger partial charge >= 0.3 is 0 Å². The summed E-state index contributed by atoms with van der Waals surface area (Å²) in [7, 11) is 0. The van der Waals surface area contributed by atoms with Gasteiger partial charge in [-0.25, -0.2) is 4.98 Å². The Hall–Kier alpha value is -1.68. The van der Waals surface area contributed by atoms with Crippen molar-refractivity contribution in [2.24, 2.45) is 0 Å². The van der Waals surface area contributed by atoms with Crippen molar-refractivity contribution in [3.63, 3.8) is 0 Å². The average molecular weight is 412 g/mol. The van der Waals surface area contributed by atoms with Crippen LogP contribution in [0.15, 0.2) is 41.8 Å². The smallest absolute Gasteiger partial charge is 0.125 e. The van der Waals surface area contributed by atoms with E-state index in [1.165, 1.54) is 63.0 Å². The fourth-order valence-electron chi connectivity index (χ4n) is 4.19. The Kier molecular flexibility index (Phi) is 5.11. The van der Waals surface area contributed by atoms with Gasteiger partial charge in [0.15, 0.2) is 0 Å². The summed E-state index contributed by atoms with van der Waals surface area (Å²) in [6.45, 7) is 4.44. The zero-order chi connectivity index (χ0) is 17.7. The van der Waals surface area contributed by atoms with Crippen molar-refractivity contribution in [1.29, 1.82) is 0 Å². The van der Waals surface area contributed by atoms with Crippen molar-refractivity contribution in [3.8, 4) is 21.7 Å². The van der Waals surface area contributed by atoms with Crippen molar-refractivity contribution in [3.05, 3.63) is 63.3 Å². The molecular formula is C23H22ClNS2. The average Bonchev–Trinajstić information content (AvgIpc) is 3.29. The quantitative estimate of drug-likeness (QED) is 0.330. The number of thiophene rings is 2. The molecule has 3 aromatic heterocycles. The normalized spacial score (nSPS) is 13.4. The monoisotopic (exact) mass is 411 g/mol. The zero-order valence-electron chi connectivity index (χ0n) is 15.5. The van der Waals surface area contributed by atoms with Crippen molar-refractivity contribution in [1.82, 2.24) is 4.98 Å². The van der Waals surface area contributed by atoms with E-state index in [2.05, 4.69) is 55.6 Å².